The summed E-state index contributed by atoms with van der Waals surface area (Å²) < 4.78 is 13.6. The van der Waals surface area contributed by atoms with Crippen molar-refractivity contribution >= 4 is 23.4 Å². The Labute approximate surface area is 163 Å². The van der Waals surface area contributed by atoms with Crippen molar-refractivity contribution in [1.82, 2.24) is 10.2 Å². The topological polar surface area (TPSA) is 49.4 Å². The number of nitrogens with one attached hydrogen (secondary N) is 1. The predicted molar refractivity (Wildman–Crippen MR) is 103 cm³/mol. The number of carbonyl (C=O) groups excluding carboxylic acids is 2. The zero-order valence-corrected chi connectivity index (χ0v) is 15.7. The lowest BCUT2D eigenvalue weighted by atomic mass is 9.93. The minimum Gasteiger partial charge on any atom is -0.352 e. The number of nitrogens with zero attached hydrogens (tertiary/aromatic N) is 1. The van der Waals surface area contributed by atoms with Gasteiger partial charge in [0.05, 0.1) is 10.6 Å². The van der Waals surface area contributed by atoms with Gasteiger partial charge in [0.25, 0.3) is 5.91 Å². The van der Waals surface area contributed by atoms with Gasteiger partial charge < -0.3 is 10.2 Å². The molecule has 1 aliphatic rings. The van der Waals surface area contributed by atoms with Gasteiger partial charge in [0.15, 0.2) is 0 Å². The lowest BCUT2D eigenvalue weighted by Crippen LogP contribution is -2.39. The molecule has 0 unspecified atom stereocenters. The van der Waals surface area contributed by atoms with Crippen LogP contribution in [0.1, 0.15) is 35.2 Å². The molecule has 2 aromatic rings. The second kappa shape index (κ2) is 9.00. The zero-order chi connectivity index (χ0) is 19.2. The fraction of sp³-hybridized carbons (Fsp3) is 0.333. The highest BCUT2D eigenvalue weighted by Crippen LogP contribution is 2.24. The van der Waals surface area contributed by atoms with Crippen molar-refractivity contribution in [3.63, 3.8) is 0 Å². The summed E-state index contributed by atoms with van der Waals surface area (Å²) in [5, 5.41) is 3.23. The first kappa shape index (κ1) is 19.4. The third-order valence-electron chi connectivity index (χ3n) is 4.91. The first-order valence-electron chi connectivity index (χ1n) is 9.08. The Morgan fingerprint density at radius 3 is 2.44 bits per heavy atom. The fourth-order valence-corrected chi connectivity index (χ4v) is 3.53. The lowest BCUT2D eigenvalue weighted by Gasteiger charge is -2.32. The van der Waals surface area contributed by atoms with Crippen LogP contribution in [0.2, 0.25) is 5.02 Å². The summed E-state index contributed by atoms with van der Waals surface area (Å²) >= 11 is 6.11. The maximum absolute atomic E-state index is 13.6. The quantitative estimate of drug-likeness (QED) is 0.840. The molecule has 1 saturated heterocycles. The van der Waals surface area contributed by atoms with Crippen LogP contribution in [-0.4, -0.2) is 29.8 Å². The summed E-state index contributed by atoms with van der Waals surface area (Å²) in [6.07, 6.45) is 1.93. The molecular weight excluding hydrogens is 367 g/mol. The van der Waals surface area contributed by atoms with Gasteiger partial charge in [0, 0.05) is 31.6 Å². The Morgan fingerprint density at radius 2 is 1.74 bits per heavy atom. The van der Waals surface area contributed by atoms with E-state index in [0.717, 1.165) is 12.8 Å². The predicted octanol–water partition coefficient (Wildman–Crippen LogP) is 4.04. The van der Waals surface area contributed by atoms with Crippen LogP contribution in [0.15, 0.2) is 48.5 Å². The van der Waals surface area contributed by atoms with Crippen LogP contribution in [0, 0.1) is 11.7 Å². The molecule has 1 fully saturated rings. The van der Waals surface area contributed by atoms with Crippen molar-refractivity contribution in [2.75, 3.05) is 13.1 Å². The molecule has 0 radical (unpaired) electrons. The van der Waals surface area contributed by atoms with E-state index in [1.165, 1.54) is 6.07 Å². The molecule has 0 spiro atoms. The summed E-state index contributed by atoms with van der Waals surface area (Å²) in [5.41, 5.74) is 0.992. The van der Waals surface area contributed by atoms with E-state index in [9.17, 15) is 14.0 Å². The standard InChI is InChI=1S/C21H22ClFN2O2/c22-18-7-3-2-6-17(18)21(27)25-11-9-15(10-12-25)13-20(26)24-14-16-5-1-4-8-19(16)23/h1-8,15H,9-14H2,(H,24,26). The van der Waals surface area contributed by atoms with Crippen molar-refractivity contribution < 1.29 is 14.0 Å². The number of rotatable bonds is 5. The number of likely N-dealkylation sites (tertiary alicyclic amines) is 1. The van der Waals surface area contributed by atoms with Crippen LogP contribution in [-0.2, 0) is 11.3 Å². The highest BCUT2D eigenvalue weighted by atomic mass is 35.5. The van der Waals surface area contributed by atoms with Crippen molar-refractivity contribution in [2.45, 2.75) is 25.8 Å². The molecule has 4 nitrogen and oxygen atoms in total. The summed E-state index contributed by atoms with van der Waals surface area (Å²) in [7, 11) is 0. The van der Waals surface area contributed by atoms with Crippen LogP contribution in [0.25, 0.3) is 0 Å². The van der Waals surface area contributed by atoms with E-state index in [-0.39, 0.29) is 30.1 Å². The Kier molecular flexibility index (Phi) is 6.45. The SMILES string of the molecule is O=C(CC1CCN(C(=O)c2ccccc2Cl)CC1)NCc1ccccc1F. The minimum absolute atomic E-state index is 0.0666. The number of halogens is 2. The van der Waals surface area contributed by atoms with Gasteiger partial charge in [-0.3, -0.25) is 9.59 Å². The van der Waals surface area contributed by atoms with Crippen molar-refractivity contribution in [2.24, 2.45) is 5.92 Å². The van der Waals surface area contributed by atoms with Crippen LogP contribution < -0.4 is 5.32 Å². The Balaban J connectivity index is 1.45. The number of hydrogen-bond donors (Lipinski definition) is 1. The van der Waals surface area contributed by atoms with Crippen LogP contribution >= 0.6 is 11.6 Å². The molecule has 0 saturated carbocycles. The molecule has 2 aromatic carbocycles. The van der Waals surface area contributed by atoms with Gasteiger partial charge in [-0.1, -0.05) is 41.9 Å². The van der Waals surface area contributed by atoms with Gasteiger partial charge in [-0.15, -0.1) is 0 Å². The van der Waals surface area contributed by atoms with Gasteiger partial charge >= 0.3 is 0 Å². The van der Waals surface area contributed by atoms with Gasteiger partial charge in [0.2, 0.25) is 5.91 Å². The Bertz CT molecular complexity index is 819. The van der Waals surface area contributed by atoms with E-state index in [4.69, 9.17) is 11.6 Å². The molecule has 3 rings (SSSR count). The third-order valence-corrected chi connectivity index (χ3v) is 5.24. The molecule has 2 amide bonds. The molecule has 142 valence electrons. The zero-order valence-electron chi connectivity index (χ0n) is 15.0. The molecular formula is C21H22ClFN2O2. The summed E-state index contributed by atoms with van der Waals surface area (Å²) in [4.78, 5) is 26.5. The number of piperidine rings is 1. The third kappa shape index (κ3) is 5.07. The smallest absolute Gasteiger partial charge is 0.255 e. The average Bonchev–Trinajstić information content (AvgIpc) is 2.68. The molecule has 1 aliphatic heterocycles. The monoisotopic (exact) mass is 388 g/mol. The molecule has 0 bridgehead atoms. The molecule has 6 heteroatoms. The lowest BCUT2D eigenvalue weighted by molar-refractivity contribution is -0.122. The van der Waals surface area contributed by atoms with Crippen molar-refractivity contribution in [3.05, 3.63) is 70.5 Å². The maximum atomic E-state index is 13.6. The minimum atomic E-state index is -0.316. The van der Waals surface area contributed by atoms with Crippen LogP contribution in [0.4, 0.5) is 4.39 Å². The summed E-state index contributed by atoms with van der Waals surface area (Å²) in [6, 6.07) is 13.4. The Hall–Kier alpha value is -2.40. The molecule has 0 aromatic heterocycles. The normalized spacial score (nSPS) is 14.8. The van der Waals surface area contributed by atoms with Crippen LogP contribution in [0.5, 0.6) is 0 Å². The number of carbonyl (C=O) groups is 2. The first-order valence-corrected chi connectivity index (χ1v) is 9.46. The summed E-state index contributed by atoms with van der Waals surface area (Å²) in [5.74, 6) is -0.248. The average molecular weight is 389 g/mol. The molecule has 1 heterocycles. The number of benzene rings is 2. The molecule has 27 heavy (non-hydrogen) atoms. The number of amides is 2. The fourth-order valence-electron chi connectivity index (χ4n) is 3.32. The highest BCUT2D eigenvalue weighted by Gasteiger charge is 2.26. The molecule has 0 aliphatic carbocycles. The second-order valence-electron chi connectivity index (χ2n) is 6.79. The maximum Gasteiger partial charge on any atom is 0.255 e. The largest absolute Gasteiger partial charge is 0.352 e. The van der Waals surface area contributed by atoms with Crippen molar-refractivity contribution in [3.8, 4) is 0 Å². The highest BCUT2D eigenvalue weighted by molar-refractivity contribution is 6.33. The number of hydrogen-bond acceptors (Lipinski definition) is 2. The van der Waals surface area contributed by atoms with Gasteiger partial charge in [-0.2, -0.15) is 0 Å². The van der Waals surface area contributed by atoms with E-state index < -0.39 is 0 Å². The second-order valence-corrected chi connectivity index (χ2v) is 7.19. The van der Waals surface area contributed by atoms with Gasteiger partial charge in [-0.05, 0) is 37.0 Å². The summed E-state index contributed by atoms with van der Waals surface area (Å²) in [6.45, 7) is 1.40. The van der Waals surface area contributed by atoms with E-state index >= 15 is 0 Å². The van der Waals surface area contributed by atoms with Gasteiger partial charge in [-0.25, -0.2) is 4.39 Å². The van der Waals surface area contributed by atoms with Crippen molar-refractivity contribution in [1.29, 1.82) is 0 Å². The first-order chi connectivity index (χ1) is 13.0. The van der Waals surface area contributed by atoms with Crippen LogP contribution in [0.3, 0.4) is 0 Å². The molecule has 0 atom stereocenters. The molecule has 1 N–H and O–H groups in total. The van der Waals surface area contributed by atoms with E-state index in [2.05, 4.69) is 5.32 Å². The van der Waals surface area contributed by atoms with E-state index in [1.54, 1.807) is 47.4 Å². The van der Waals surface area contributed by atoms with E-state index in [0.29, 0.717) is 35.7 Å². The van der Waals surface area contributed by atoms with E-state index in [1.807, 2.05) is 0 Å². The Morgan fingerprint density at radius 1 is 1.07 bits per heavy atom. The van der Waals surface area contributed by atoms with Gasteiger partial charge in [0.1, 0.15) is 5.82 Å².